The van der Waals surface area contributed by atoms with Gasteiger partial charge in [0.05, 0.1) is 8.07 Å². The Kier molecular flexibility index (Phi) is 7.20. The normalized spacial score (nSPS) is 13.0. The van der Waals surface area contributed by atoms with Crippen LogP contribution in [0.1, 0.15) is 33.6 Å². The zero-order valence-electron chi connectivity index (χ0n) is 10.6. The Morgan fingerprint density at radius 3 is 1.93 bits per heavy atom. The molecular formula is C12H27NSi. The summed E-state index contributed by atoms with van der Waals surface area (Å²) in [6.45, 7) is 14.1. The largest absolute Gasteiger partial charge is 0.306 e. The van der Waals surface area contributed by atoms with Crippen molar-refractivity contribution in [2.24, 2.45) is 0 Å². The summed E-state index contributed by atoms with van der Waals surface area (Å²) in [7, 11) is -1.10. The molecule has 84 valence electrons. The van der Waals surface area contributed by atoms with Crippen LogP contribution in [0, 0.1) is 0 Å². The van der Waals surface area contributed by atoms with Gasteiger partial charge in [-0.25, -0.2) is 0 Å². The lowest BCUT2D eigenvalue weighted by Gasteiger charge is -2.28. The van der Waals surface area contributed by atoms with Crippen LogP contribution in [-0.2, 0) is 0 Å². The molecule has 0 aliphatic carbocycles. The third-order valence-corrected chi connectivity index (χ3v) is 4.83. The van der Waals surface area contributed by atoms with Gasteiger partial charge in [-0.05, 0) is 39.0 Å². The first-order valence-corrected chi connectivity index (χ1v) is 9.20. The molecule has 1 nitrogen and oxygen atoms in total. The summed E-state index contributed by atoms with van der Waals surface area (Å²) < 4.78 is 0. The second-order valence-electron chi connectivity index (χ2n) is 4.76. The molecule has 0 rings (SSSR count). The standard InChI is InChI=1S/C12H27NSi/c1-6-9-13(10-7-2)12-14(4,5)11-8-3/h8,11H,6-7,9-10,12H2,1-5H3. The van der Waals surface area contributed by atoms with E-state index in [9.17, 15) is 0 Å². The molecule has 0 aliphatic rings. The van der Waals surface area contributed by atoms with E-state index in [0.717, 1.165) is 0 Å². The van der Waals surface area contributed by atoms with E-state index in [0.29, 0.717) is 0 Å². The number of nitrogens with zero attached hydrogens (tertiary/aromatic N) is 1. The molecule has 0 aromatic carbocycles. The lowest BCUT2D eigenvalue weighted by atomic mass is 10.4. The third-order valence-electron chi connectivity index (χ3n) is 2.33. The highest BCUT2D eigenvalue weighted by Crippen LogP contribution is 2.08. The number of hydrogen-bond donors (Lipinski definition) is 0. The maximum absolute atomic E-state index is 2.63. The van der Waals surface area contributed by atoms with Crippen molar-refractivity contribution in [3.8, 4) is 0 Å². The minimum Gasteiger partial charge on any atom is -0.306 e. The van der Waals surface area contributed by atoms with Crippen LogP contribution in [-0.4, -0.2) is 32.2 Å². The van der Waals surface area contributed by atoms with Crippen LogP contribution in [0.25, 0.3) is 0 Å². The first-order valence-electron chi connectivity index (χ1n) is 5.92. The minimum atomic E-state index is -1.10. The summed E-state index contributed by atoms with van der Waals surface area (Å²) >= 11 is 0. The molecule has 0 aromatic heterocycles. The van der Waals surface area contributed by atoms with Gasteiger partial charge in [0, 0.05) is 0 Å². The Labute approximate surface area is 91.2 Å². The summed E-state index contributed by atoms with van der Waals surface area (Å²) in [5.41, 5.74) is 2.45. The molecule has 2 heteroatoms. The van der Waals surface area contributed by atoms with Gasteiger partial charge < -0.3 is 4.90 Å². The van der Waals surface area contributed by atoms with Crippen molar-refractivity contribution >= 4 is 8.07 Å². The lowest BCUT2D eigenvalue weighted by molar-refractivity contribution is 0.314. The number of rotatable bonds is 7. The molecule has 0 atom stereocenters. The van der Waals surface area contributed by atoms with Crippen LogP contribution >= 0.6 is 0 Å². The van der Waals surface area contributed by atoms with Gasteiger partial charge in [-0.3, -0.25) is 0 Å². The van der Waals surface area contributed by atoms with Gasteiger partial charge in [-0.2, -0.15) is 0 Å². The van der Waals surface area contributed by atoms with Crippen molar-refractivity contribution in [2.45, 2.75) is 46.7 Å². The predicted octanol–water partition coefficient (Wildman–Crippen LogP) is 3.47. The Balaban J connectivity index is 4.12. The monoisotopic (exact) mass is 213 g/mol. The highest BCUT2D eigenvalue weighted by Gasteiger charge is 2.19. The Hall–Kier alpha value is -0.0831. The molecule has 0 N–H and O–H groups in total. The van der Waals surface area contributed by atoms with Gasteiger partial charge in [-0.15, -0.1) is 0 Å². The van der Waals surface area contributed by atoms with E-state index in [2.05, 4.69) is 50.5 Å². The number of hydrogen-bond acceptors (Lipinski definition) is 1. The van der Waals surface area contributed by atoms with Gasteiger partial charge in [-0.1, -0.05) is 38.7 Å². The fourth-order valence-corrected chi connectivity index (χ4v) is 4.46. The van der Waals surface area contributed by atoms with Crippen molar-refractivity contribution in [1.29, 1.82) is 0 Å². The minimum absolute atomic E-state index is 1.10. The fraction of sp³-hybridized carbons (Fsp3) is 0.833. The van der Waals surface area contributed by atoms with Gasteiger partial charge in [0.2, 0.25) is 0 Å². The summed E-state index contributed by atoms with van der Waals surface area (Å²) in [6, 6.07) is 0. The van der Waals surface area contributed by atoms with Crippen LogP contribution < -0.4 is 0 Å². The van der Waals surface area contributed by atoms with E-state index in [4.69, 9.17) is 0 Å². The van der Waals surface area contributed by atoms with E-state index < -0.39 is 8.07 Å². The topological polar surface area (TPSA) is 3.24 Å². The van der Waals surface area contributed by atoms with Crippen LogP contribution in [0.2, 0.25) is 13.1 Å². The predicted molar refractivity (Wildman–Crippen MR) is 69.3 cm³/mol. The van der Waals surface area contributed by atoms with Crippen molar-refractivity contribution in [2.75, 3.05) is 19.3 Å². The first-order chi connectivity index (χ1) is 6.55. The van der Waals surface area contributed by atoms with Crippen molar-refractivity contribution in [3.05, 3.63) is 11.8 Å². The maximum Gasteiger partial charge on any atom is 0.0857 e. The smallest absolute Gasteiger partial charge is 0.0857 e. The molecule has 0 saturated heterocycles. The molecule has 0 saturated carbocycles. The van der Waals surface area contributed by atoms with Crippen molar-refractivity contribution in [1.82, 2.24) is 4.90 Å². The molecular weight excluding hydrogens is 186 g/mol. The van der Waals surface area contributed by atoms with Crippen LogP contribution in [0.5, 0.6) is 0 Å². The molecule has 14 heavy (non-hydrogen) atoms. The molecule has 0 bridgehead atoms. The number of allylic oxidation sites excluding steroid dienone is 1. The average Bonchev–Trinajstić information content (AvgIpc) is 2.03. The van der Waals surface area contributed by atoms with E-state index >= 15 is 0 Å². The quantitative estimate of drug-likeness (QED) is 0.585. The van der Waals surface area contributed by atoms with E-state index in [1.165, 1.54) is 32.1 Å². The van der Waals surface area contributed by atoms with Crippen molar-refractivity contribution < 1.29 is 0 Å². The zero-order valence-corrected chi connectivity index (χ0v) is 11.6. The SMILES string of the molecule is CC=C[Si](C)(C)CN(CCC)CCC. The van der Waals surface area contributed by atoms with Crippen LogP contribution in [0.3, 0.4) is 0 Å². The molecule has 0 fully saturated rings. The van der Waals surface area contributed by atoms with Crippen LogP contribution in [0.4, 0.5) is 0 Å². The van der Waals surface area contributed by atoms with Gasteiger partial charge in [0.1, 0.15) is 0 Å². The third kappa shape index (κ3) is 6.38. The first kappa shape index (κ1) is 13.9. The second kappa shape index (κ2) is 7.24. The van der Waals surface area contributed by atoms with Crippen molar-refractivity contribution in [3.63, 3.8) is 0 Å². The fourth-order valence-electron chi connectivity index (χ4n) is 1.98. The highest BCUT2D eigenvalue weighted by molar-refractivity contribution is 6.82. The summed E-state index contributed by atoms with van der Waals surface area (Å²) in [4.78, 5) is 2.63. The molecule has 0 aromatic rings. The molecule has 0 spiro atoms. The molecule has 0 amide bonds. The highest BCUT2D eigenvalue weighted by atomic mass is 28.3. The molecule has 0 unspecified atom stereocenters. The average molecular weight is 213 g/mol. The Morgan fingerprint density at radius 1 is 1.07 bits per heavy atom. The lowest BCUT2D eigenvalue weighted by Crippen LogP contribution is -2.42. The Bertz CT molecular complexity index is 158. The zero-order chi connectivity index (χ0) is 11.0. The molecule has 0 aliphatic heterocycles. The second-order valence-corrected chi connectivity index (χ2v) is 9.39. The summed E-state index contributed by atoms with van der Waals surface area (Å²) in [5, 5.41) is 0. The van der Waals surface area contributed by atoms with E-state index in [1.807, 2.05) is 0 Å². The van der Waals surface area contributed by atoms with Gasteiger partial charge in [0.15, 0.2) is 0 Å². The van der Waals surface area contributed by atoms with Gasteiger partial charge >= 0.3 is 0 Å². The maximum atomic E-state index is 2.63. The van der Waals surface area contributed by atoms with Crippen LogP contribution in [0.15, 0.2) is 11.8 Å². The molecule has 0 heterocycles. The Morgan fingerprint density at radius 2 is 1.57 bits per heavy atom. The van der Waals surface area contributed by atoms with Gasteiger partial charge in [0.25, 0.3) is 0 Å². The summed E-state index contributed by atoms with van der Waals surface area (Å²) in [6.07, 6.45) is 6.10. The van der Waals surface area contributed by atoms with E-state index in [1.54, 1.807) is 0 Å². The molecule has 0 radical (unpaired) electrons. The summed E-state index contributed by atoms with van der Waals surface area (Å²) in [5.74, 6) is 0. The van der Waals surface area contributed by atoms with E-state index in [-0.39, 0.29) is 0 Å².